The van der Waals surface area contributed by atoms with Gasteiger partial charge >= 0.3 is 0 Å². The Kier molecular flexibility index (Phi) is 15.1. The van der Waals surface area contributed by atoms with Crippen LogP contribution in [0.15, 0.2) is 352 Å². The lowest BCUT2D eigenvalue weighted by Gasteiger charge is -2.46. The van der Waals surface area contributed by atoms with E-state index in [4.69, 9.17) is 0 Å². The zero-order valence-corrected chi connectivity index (χ0v) is 58.4. The third-order valence-corrected chi connectivity index (χ3v) is 21.1. The number of anilines is 6. The summed E-state index contributed by atoms with van der Waals surface area (Å²) in [4.78, 5) is 5.34. The van der Waals surface area contributed by atoms with Crippen molar-refractivity contribution in [2.45, 2.75) is 52.4 Å². The van der Waals surface area contributed by atoms with Gasteiger partial charge in [-0.3, -0.25) is 0 Å². The molecule has 1 aromatic heterocycles. The van der Waals surface area contributed by atoms with Crippen LogP contribution in [0.4, 0.5) is 34.1 Å². The highest BCUT2D eigenvalue weighted by atomic mass is 15.2. The molecule has 2 aliphatic rings. The number of nitrogens with zero attached hydrogens (tertiary/aromatic N) is 3. The normalized spacial score (nSPS) is 12.5. The second-order valence-corrected chi connectivity index (χ2v) is 29.7. The minimum Gasteiger partial charge on any atom is -0.311 e. The maximum Gasteiger partial charge on any atom is 0.252 e. The third kappa shape index (κ3) is 10.9. The summed E-state index contributed by atoms with van der Waals surface area (Å²) in [6.45, 7) is 14.1. The summed E-state index contributed by atoms with van der Waals surface area (Å²) in [5, 5.41) is 2.38. The van der Waals surface area contributed by atoms with Crippen LogP contribution >= 0.6 is 0 Å². The molecule has 2 aliphatic heterocycles. The Hall–Kier alpha value is -12.2. The highest BCUT2D eigenvalue weighted by Gasteiger charge is 2.46. The lowest BCUT2D eigenvalue weighted by atomic mass is 9.33. The van der Waals surface area contributed by atoms with Gasteiger partial charge in [0.1, 0.15) is 0 Å². The van der Waals surface area contributed by atoms with Crippen LogP contribution in [0.25, 0.3) is 117 Å². The zero-order valence-electron chi connectivity index (χ0n) is 58.4. The van der Waals surface area contributed by atoms with Gasteiger partial charge in [-0.25, -0.2) is 0 Å². The van der Waals surface area contributed by atoms with E-state index in [0.29, 0.717) is 0 Å². The van der Waals surface area contributed by atoms with E-state index in [1.54, 1.807) is 0 Å². The SMILES string of the molecule is CC(C)(C)c1cc2c(cc1-c1ccccc1)N(c1cc(-c3ccccc3)cc(-c3ccccc3)c1)c1cc(-n3c4ccc(-c5ccccc5)cc4c4cc(-c5ccccc5)ccc43)cc3c1B2c1cc(C(C)(C)C)c(-c2ccccc2)cc1N3c1cc(-c2ccccc2)cc(-c2ccccc2)c1. The molecule has 18 rings (SSSR count). The fourth-order valence-corrected chi connectivity index (χ4v) is 16.3. The maximum atomic E-state index is 2.67. The molecule has 0 unspecified atom stereocenters. The summed E-state index contributed by atoms with van der Waals surface area (Å²) in [5.41, 5.74) is 34.6. The van der Waals surface area contributed by atoms with Crippen molar-refractivity contribution in [2.24, 2.45) is 0 Å². The number of benzene rings is 15. The first kappa shape index (κ1) is 62.0. The molecule has 4 heteroatoms. The predicted octanol–water partition coefficient (Wildman–Crippen LogP) is 24.8. The Balaban J connectivity index is 1.04. The molecule has 102 heavy (non-hydrogen) atoms. The predicted molar refractivity (Wildman–Crippen MR) is 436 cm³/mol. The van der Waals surface area contributed by atoms with Crippen molar-refractivity contribution >= 4 is 79.0 Å². The second kappa shape index (κ2) is 24.9. The van der Waals surface area contributed by atoms with E-state index in [-0.39, 0.29) is 17.5 Å². The van der Waals surface area contributed by atoms with E-state index in [0.717, 1.165) is 95.4 Å². The molecular weight excluding hydrogens is 1230 g/mol. The Morgan fingerprint density at radius 2 is 0.510 bits per heavy atom. The highest BCUT2D eigenvalue weighted by molar-refractivity contribution is 7.00. The van der Waals surface area contributed by atoms with Gasteiger partial charge in [0.15, 0.2) is 0 Å². The van der Waals surface area contributed by atoms with Gasteiger partial charge in [0.2, 0.25) is 0 Å². The Morgan fingerprint density at radius 1 is 0.225 bits per heavy atom. The lowest BCUT2D eigenvalue weighted by Crippen LogP contribution is -2.62. The van der Waals surface area contributed by atoms with Crippen molar-refractivity contribution in [1.29, 1.82) is 0 Å². The van der Waals surface area contributed by atoms with Crippen molar-refractivity contribution in [1.82, 2.24) is 4.57 Å². The Labute approximate surface area is 599 Å². The van der Waals surface area contributed by atoms with Gasteiger partial charge in [-0.15, -0.1) is 0 Å². The molecule has 486 valence electrons. The molecule has 0 N–H and O–H groups in total. The van der Waals surface area contributed by atoms with Gasteiger partial charge in [0.05, 0.1) is 16.7 Å². The van der Waals surface area contributed by atoms with Gasteiger partial charge in [-0.05, 0) is 212 Å². The summed E-state index contributed by atoms with van der Waals surface area (Å²) >= 11 is 0. The minimum atomic E-state index is -0.258. The molecule has 0 aliphatic carbocycles. The van der Waals surface area contributed by atoms with Crippen LogP contribution in [-0.4, -0.2) is 11.3 Å². The summed E-state index contributed by atoms with van der Waals surface area (Å²) in [5.74, 6) is 0. The fraction of sp³-hybridized carbons (Fsp3) is 0.0816. The smallest absolute Gasteiger partial charge is 0.252 e. The third-order valence-electron chi connectivity index (χ3n) is 21.1. The van der Waals surface area contributed by atoms with Crippen LogP contribution in [0.3, 0.4) is 0 Å². The molecule has 15 aromatic carbocycles. The van der Waals surface area contributed by atoms with E-state index in [2.05, 4.69) is 408 Å². The van der Waals surface area contributed by atoms with Gasteiger partial charge < -0.3 is 14.4 Å². The lowest BCUT2D eigenvalue weighted by molar-refractivity contribution is 0.592. The minimum absolute atomic E-state index is 0.241. The molecule has 0 saturated heterocycles. The van der Waals surface area contributed by atoms with Crippen molar-refractivity contribution in [3.05, 3.63) is 363 Å². The molecule has 0 radical (unpaired) electrons. The summed E-state index contributed by atoms with van der Waals surface area (Å²) in [6.07, 6.45) is 0. The topological polar surface area (TPSA) is 11.4 Å². The highest BCUT2D eigenvalue weighted by Crippen LogP contribution is 2.52. The van der Waals surface area contributed by atoms with Crippen LogP contribution in [0.5, 0.6) is 0 Å². The molecule has 16 aromatic rings. The van der Waals surface area contributed by atoms with Crippen LogP contribution in [0, 0.1) is 0 Å². The molecular formula is C98H76BN3. The van der Waals surface area contributed by atoms with Crippen molar-refractivity contribution in [3.63, 3.8) is 0 Å². The van der Waals surface area contributed by atoms with Gasteiger partial charge in [-0.1, -0.05) is 308 Å². The van der Waals surface area contributed by atoms with Crippen LogP contribution in [0.1, 0.15) is 52.7 Å². The van der Waals surface area contributed by atoms with Crippen LogP contribution in [0.2, 0.25) is 0 Å². The largest absolute Gasteiger partial charge is 0.311 e. The molecule has 0 fully saturated rings. The van der Waals surface area contributed by atoms with Gasteiger partial charge in [-0.2, -0.15) is 0 Å². The molecule has 0 saturated carbocycles. The van der Waals surface area contributed by atoms with E-state index in [1.165, 1.54) is 82.8 Å². The molecule has 3 nitrogen and oxygen atoms in total. The average molecular weight is 1310 g/mol. The monoisotopic (exact) mass is 1310 g/mol. The number of hydrogen-bond donors (Lipinski definition) is 0. The van der Waals surface area contributed by atoms with Crippen LogP contribution in [-0.2, 0) is 10.8 Å². The summed E-state index contributed by atoms with van der Waals surface area (Å²) in [6, 6.07) is 132. The summed E-state index contributed by atoms with van der Waals surface area (Å²) in [7, 11) is 0. The molecule has 0 bridgehead atoms. The number of aromatic nitrogens is 1. The van der Waals surface area contributed by atoms with Crippen LogP contribution < -0.4 is 26.2 Å². The van der Waals surface area contributed by atoms with Gasteiger partial charge in [0, 0.05) is 44.9 Å². The molecule has 0 amide bonds. The van der Waals surface area contributed by atoms with E-state index >= 15 is 0 Å². The molecule has 3 heterocycles. The quantitative estimate of drug-likeness (QED) is 0.120. The molecule has 0 spiro atoms. The number of fused-ring (bicyclic) bond motifs is 7. The first-order valence-corrected chi connectivity index (χ1v) is 35.8. The standard InChI is InChI=1S/C98H76BN3/c1-97(2,3)86-63-88-92(61-82(86)71-43-27-13-28-44-71)101(79-53-75(67-35-19-9-20-36-67)51-76(54-79)68-37-21-10-22-38-68)94-59-81(100-90-49-47-73(65-31-15-7-16-32-65)57-84(90)85-58-74(48-50-91(85)100)66-33-17-8-18-34-66)60-95-96(94)99(88)89-64-87(98(4,5)6)83(72-45-29-14-30-46-72)62-93(89)102(95)80-55-77(69-39-23-11-24-40-69)52-78(56-80)70-41-25-12-26-42-70/h7-64H,1-6H3. The first-order chi connectivity index (χ1) is 49.8. The second-order valence-electron chi connectivity index (χ2n) is 29.7. The molecule has 0 atom stereocenters. The van der Waals surface area contributed by atoms with Gasteiger partial charge in [0.25, 0.3) is 6.71 Å². The maximum absolute atomic E-state index is 2.67. The van der Waals surface area contributed by atoms with E-state index in [9.17, 15) is 0 Å². The van der Waals surface area contributed by atoms with E-state index in [1.807, 2.05) is 0 Å². The number of hydrogen-bond acceptors (Lipinski definition) is 2. The fourth-order valence-electron chi connectivity index (χ4n) is 16.3. The van der Waals surface area contributed by atoms with Crippen molar-refractivity contribution < 1.29 is 0 Å². The average Bonchev–Trinajstić information content (AvgIpc) is 0.780. The van der Waals surface area contributed by atoms with E-state index < -0.39 is 0 Å². The Morgan fingerprint density at radius 3 is 0.804 bits per heavy atom. The van der Waals surface area contributed by atoms with Crippen molar-refractivity contribution in [2.75, 3.05) is 9.80 Å². The Bertz CT molecular complexity index is 5390. The van der Waals surface area contributed by atoms with Crippen molar-refractivity contribution in [3.8, 4) is 94.7 Å². The first-order valence-electron chi connectivity index (χ1n) is 35.8. The summed E-state index contributed by atoms with van der Waals surface area (Å²) < 4.78 is 2.57. The number of rotatable bonds is 11. The zero-order chi connectivity index (χ0) is 68.8.